The van der Waals surface area contributed by atoms with Crippen LogP contribution in [0.1, 0.15) is 22.6 Å². The lowest BCUT2D eigenvalue weighted by Gasteiger charge is -2.47. The first-order valence-electron chi connectivity index (χ1n) is 7.65. The van der Waals surface area contributed by atoms with Crippen molar-refractivity contribution in [2.45, 2.75) is 24.2 Å². The van der Waals surface area contributed by atoms with Crippen molar-refractivity contribution in [1.29, 1.82) is 0 Å². The molecule has 1 amide bonds. The Balaban J connectivity index is 1.35. The lowest BCUT2D eigenvalue weighted by molar-refractivity contribution is 0.0512. The summed E-state index contributed by atoms with van der Waals surface area (Å²) in [6.45, 7) is 3.42. The number of H-pyrrole nitrogens is 1. The lowest BCUT2D eigenvalue weighted by atomic mass is 9.92. The highest BCUT2D eigenvalue weighted by molar-refractivity contribution is 8.01. The number of nitrogens with zero attached hydrogens (tertiary/aromatic N) is 3. The number of nitrogens with one attached hydrogen (secondary N) is 1. The molecule has 2 aliphatic heterocycles. The Kier molecular flexibility index (Phi) is 3.52. The summed E-state index contributed by atoms with van der Waals surface area (Å²) in [5.74, 6) is 1.79. The van der Waals surface area contributed by atoms with Gasteiger partial charge in [-0.2, -0.15) is 0 Å². The maximum absolute atomic E-state index is 12.4. The maximum Gasteiger partial charge on any atom is 0.274 e. The van der Waals surface area contributed by atoms with Crippen molar-refractivity contribution < 1.29 is 9.53 Å². The molecule has 2 aromatic heterocycles. The number of rotatable bonds is 3. The van der Waals surface area contributed by atoms with Crippen molar-refractivity contribution in [3.05, 3.63) is 42.2 Å². The Bertz CT molecular complexity index is 712. The second-order valence-corrected chi connectivity index (χ2v) is 7.65. The molecule has 0 radical (unpaired) electrons. The number of aryl methyl sites for hydroxylation is 1. The summed E-state index contributed by atoms with van der Waals surface area (Å²) >= 11 is 1.91. The molecule has 1 N–H and O–H groups in total. The van der Waals surface area contributed by atoms with Crippen molar-refractivity contribution in [1.82, 2.24) is 19.9 Å². The number of thioether (sulfide) groups is 1. The van der Waals surface area contributed by atoms with E-state index in [2.05, 4.69) is 15.0 Å². The number of likely N-dealkylation sites (tertiary alicyclic amines) is 1. The number of pyridine rings is 1. The van der Waals surface area contributed by atoms with E-state index in [1.165, 1.54) is 0 Å². The second-order valence-electron chi connectivity index (χ2n) is 6.16. The molecular formula is C16H18N4O2S. The number of amides is 1. The summed E-state index contributed by atoms with van der Waals surface area (Å²) in [4.78, 5) is 25.4. The van der Waals surface area contributed by atoms with Crippen LogP contribution in [-0.4, -0.2) is 55.5 Å². The van der Waals surface area contributed by atoms with E-state index in [4.69, 9.17) is 4.74 Å². The van der Waals surface area contributed by atoms with Gasteiger partial charge in [-0.3, -0.25) is 9.78 Å². The Morgan fingerprint density at radius 3 is 3.09 bits per heavy atom. The molecule has 4 rings (SSSR count). The van der Waals surface area contributed by atoms with Crippen LogP contribution in [0.4, 0.5) is 0 Å². The lowest BCUT2D eigenvalue weighted by Crippen LogP contribution is -2.61. The van der Waals surface area contributed by atoms with E-state index >= 15 is 0 Å². The minimum atomic E-state index is 0.0200. The molecule has 2 saturated heterocycles. The van der Waals surface area contributed by atoms with Crippen molar-refractivity contribution in [3.63, 3.8) is 0 Å². The maximum atomic E-state index is 12.4. The first-order chi connectivity index (χ1) is 11.2. The first kappa shape index (κ1) is 14.6. The Hall–Kier alpha value is -2.02. The number of hydrogen-bond acceptors (Lipinski definition) is 5. The van der Waals surface area contributed by atoms with Crippen LogP contribution in [0.2, 0.25) is 0 Å². The quantitative estimate of drug-likeness (QED) is 0.930. The normalized spacial score (nSPS) is 22.1. The van der Waals surface area contributed by atoms with Gasteiger partial charge in [0, 0.05) is 37.2 Å². The average molecular weight is 330 g/mol. The van der Waals surface area contributed by atoms with Gasteiger partial charge in [-0.25, -0.2) is 4.98 Å². The van der Waals surface area contributed by atoms with Crippen LogP contribution in [0.5, 0.6) is 5.75 Å². The van der Waals surface area contributed by atoms with E-state index in [1.807, 2.05) is 35.7 Å². The molecular weight excluding hydrogens is 312 g/mol. The number of carbonyl (C=O) groups excluding carboxylic acids is 1. The summed E-state index contributed by atoms with van der Waals surface area (Å²) < 4.78 is 6.13. The molecule has 0 saturated carbocycles. The van der Waals surface area contributed by atoms with Gasteiger partial charge >= 0.3 is 0 Å². The average Bonchev–Trinajstić information content (AvgIpc) is 3.13. The second kappa shape index (κ2) is 5.56. The van der Waals surface area contributed by atoms with Crippen molar-refractivity contribution in [2.24, 2.45) is 0 Å². The number of ether oxygens (including phenoxy) is 1. The summed E-state index contributed by atoms with van der Waals surface area (Å²) in [7, 11) is 0. The summed E-state index contributed by atoms with van der Waals surface area (Å²) in [5, 5.41) is 0. The molecule has 120 valence electrons. The van der Waals surface area contributed by atoms with Crippen molar-refractivity contribution >= 4 is 17.7 Å². The van der Waals surface area contributed by atoms with Gasteiger partial charge in [-0.05, 0) is 19.1 Å². The first-order valence-corrected chi connectivity index (χ1v) is 8.64. The molecule has 7 heteroatoms. The van der Waals surface area contributed by atoms with Crippen LogP contribution < -0.4 is 4.74 Å². The zero-order valence-corrected chi connectivity index (χ0v) is 13.7. The van der Waals surface area contributed by atoms with Gasteiger partial charge in [0.15, 0.2) is 0 Å². The van der Waals surface area contributed by atoms with E-state index in [1.54, 1.807) is 18.7 Å². The van der Waals surface area contributed by atoms with Crippen LogP contribution in [0, 0.1) is 6.92 Å². The minimum absolute atomic E-state index is 0.0200. The predicted octanol–water partition coefficient (Wildman–Crippen LogP) is 1.89. The fourth-order valence-electron chi connectivity index (χ4n) is 3.23. The molecule has 2 aliphatic rings. The standard InChI is InChI=1S/C16H18N4O2S/c1-11-14(19-10-18-11)15(21)20-8-16(9-20)5-13(7-23-16)22-12-3-2-4-17-6-12/h2-4,6,10,13H,5,7-9H2,1H3,(H,18,19)/t13-/m1/s1. The summed E-state index contributed by atoms with van der Waals surface area (Å²) in [5.41, 5.74) is 1.36. The van der Waals surface area contributed by atoms with Gasteiger partial charge in [0.2, 0.25) is 0 Å². The molecule has 0 aliphatic carbocycles. The summed E-state index contributed by atoms with van der Waals surface area (Å²) in [6, 6.07) is 3.81. The van der Waals surface area contributed by atoms with E-state index in [0.29, 0.717) is 5.69 Å². The van der Waals surface area contributed by atoms with Gasteiger partial charge in [0.05, 0.1) is 17.3 Å². The molecule has 1 atom stereocenters. The third-order valence-corrected chi connectivity index (χ3v) is 5.97. The topological polar surface area (TPSA) is 71.1 Å². The number of imidazole rings is 1. The van der Waals surface area contributed by atoms with Crippen LogP contribution >= 0.6 is 11.8 Å². The Morgan fingerprint density at radius 1 is 1.52 bits per heavy atom. The van der Waals surface area contributed by atoms with Crippen LogP contribution in [-0.2, 0) is 0 Å². The van der Waals surface area contributed by atoms with Gasteiger partial charge < -0.3 is 14.6 Å². The molecule has 4 heterocycles. The molecule has 2 aromatic rings. The zero-order chi connectivity index (χ0) is 15.9. The fraction of sp³-hybridized carbons (Fsp3) is 0.438. The zero-order valence-electron chi connectivity index (χ0n) is 12.9. The number of aromatic nitrogens is 3. The van der Waals surface area contributed by atoms with E-state index in [-0.39, 0.29) is 16.8 Å². The smallest absolute Gasteiger partial charge is 0.274 e. The predicted molar refractivity (Wildman–Crippen MR) is 87.7 cm³/mol. The molecule has 23 heavy (non-hydrogen) atoms. The minimum Gasteiger partial charge on any atom is -0.488 e. The molecule has 0 aromatic carbocycles. The van der Waals surface area contributed by atoms with E-state index < -0.39 is 0 Å². The number of carbonyl (C=O) groups is 1. The van der Waals surface area contributed by atoms with Crippen LogP contribution in [0.15, 0.2) is 30.9 Å². The number of aromatic amines is 1. The SMILES string of the molecule is Cc1[nH]cnc1C(=O)N1CC2(C[C@@H](Oc3cccnc3)CS2)C1. The molecule has 6 nitrogen and oxygen atoms in total. The third kappa shape index (κ3) is 2.69. The van der Waals surface area contributed by atoms with Crippen molar-refractivity contribution in [2.75, 3.05) is 18.8 Å². The van der Waals surface area contributed by atoms with Crippen LogP contribution in [0.3, 0.4) is 0 Å². The monoisotopic (exact) mass is 330 g/mol. The van der Waals surface area contributed by atoms with Gasteiger partial charge in [-0.15, -0.1) is 11.8 Å². The van der Waals surface area contributed by atoms with Gasteiger partial charge in [0.1, 0.15) is 17.5 Å². The largest absolute Gasteiger partial charge is 0.488 e. The molecule has 0 bridgehead atoms. The summed E-state index contributed by atoms with van der Waals surface area (Å²) in [6.07, 6.45) is 6.21. The Morgan fingerprint density at radius 2 is 2.39 bits per heavy atom. The fourth-order valence-corrected chi connectivity index (χ4v) is 4.75. The third-order valence-electron chi connectivity index (χ3n) is 4.39. The highest BCUT2D eigenvalue weighted by Crippen LogP contribution is 2.46. The highest BCUT2D eigenvalue weighted by Gasteiger charge is 2.51. The van der Waals surface area contributed by atoms with E-state index in [0.717, 1.165) is 36.7 Å². The Labute approximate surface area is 138 Å². The molecule has 2 fully saturated rings. The van der Waals surface area contributed by atoms with Crippen molar-refractivity contribution in [3.8, 4) is 5.75 Å². The van der Waals surface area contributed by atoms with Gasteiger partial charge in [0.25, 0.3) is 5.91 Å². The molecule has 1 spiro atoms. The van der Waals surface area contributed by atoms with E-state index in [9.17, 15) is 4.79 Å². The highest BCUT2D eigenvalue weighted by atomic mass is 32.2. The number of hydrogen-bond donors (Lipinski definition) is 1. The van der Waals surface area contributed by atoms with Gasteiger partial charge in [-0.1, -0.05) is 0 Å². The molecule has 0 unspecified atom stereocenters. The van der Waals surface area contributed by atoms with Crippen LogP contribution in [0.25, 0.3) is 0 Å².